The fraction of sp³-hybridized carbons (Fsp3) is 0. The molecule has 2 aromatic rings. The van der Waals surface area contributed by atoms with Gasteiger partial charge in [-0.1, -0.05) is 11.6 Å². The first-order valence-electron chi connectivity index (χ1n) is 3.65. The number of hydrogen-bond acceptors (Lipinski definition) is 1. The fourth-order valence-corrected chi connectivity index (χ4v) is 1.32. The van der Waals surface area contributed by atoms with Crippen LogP contribution in [0.25, 0.3) is 10.9 Å². The number of hydrogen-bond donors (Lipinski definition) is 1. The zero-order valence-corrected chi connectivity index (χ0v) is 7.23. The standard InChI is InChI=1S/C9H5ClFNO/c10-7-4-12-8-2-1-5(11)3-6(8)9(7)13/h1-4H,(H,12,13). The van der Waals surface area contributed by atoms with Gasteiger partial charge in [-0.25, -0.2) is 4.39 Å². The number of aromatic nitrogens is 1. The molecule has 0 bridgehead atoms. The maximum Gasteiger partial charge on any atom is 0.208 e. The lowest BCUT2D eigenvalue weighted by Crippen LogP contribution is -2.03. The molecule has 0 saturated carbocycles. The number of halogens is 2. The van der Waals surface area contributed by atoms with Gasteiger partial charge >= 0.3 is 0 Å². The molecule has 1 heterocycles. The molecule has 0 saturated heterocycles. The molecule has 0 fully saturated rings. The van der Waals surface area contributed by atoms with E-state index in [1.54, 1.807) is 0 Å². The average molecular weight is 198 g/mol. The minimum absolute atomic E-state index is 0.0677. The number of pyridine rings is 1. The topological polar surface area (TPSA) is 32.9 Å². The van der Waals surface area contributed by atoms with Crippen LogP contribution in [-0.2, 0) is 0 Å². The average Bonchev–Trinajstić information content (AvgIpc) is 2.12. The fourth-order valence-electron chi connectivity index (χ4n) is 1.17. The van der Waals surface area contributed by atoms with E-state index in [4.69, 9.17) is 11.6 Å². The largest absolute Gasteiger partial charge is 0.360 e. The molecule has 1 aromatic carbocycles. The molecule has 0 amide bonds. The third-order valence-corrected chi connectivity index (χ3v) is 2.08. The number of fused-ring (bicyclic) bond motifs is 1. The molecule has 0 radical (unpaired) electrons. The van der Waals surface area contributed by atoms with Crippen molar-refractivity contribution in [3.63, 3.8) is 0 Å². The maximum atomic E-state index is 12.8. The summed E-state index contributed by atoms with van der Waals surface area (Å²) in [5, 5.41) is 0.339. The van der Waals surface area contributed by atoms with E-state index >= 15 is 0 Å². The van der Waals surface area contributed by atoms with Gasteiger partial charge in [0.05, 0.1) is 0 Å². The Morgan fingerprint density at radius 2 is 2.15 bits per heavy atom. The Hall–Kier alpha value is -1.35. The highest BCUT2D eigenvalue weighted by Gasteiger charge is 2.03. The molecule has 1 N–H and O–H groups in total. The van der Waals surface area contributed by atoms with Crippen molar-refractivity contribution in [1.82, 2.24) is 4.98 Å². The van der Waals surface area contributed by atoms with E-state index in [2.05, 4.69) is 4.98 Å². The van der Waals surface area contributed by atoms with Crippen LogP contribution in [-0.4, -0.2) is 4.98 Å². The van der Waals surface area contributed by atoms with E-state index in [1.807, 2.05) is 0 Å². The van der Waals surface area contributed by atoms with Crippen molar-refractivity contribution in [3.05, 3.63) is 45.5 Å². The molecule has 0 aliphatic rings. The van der Waals surface area contributed by atoms with Crippen molar-refractivity contribution in [1.29, 1.82) is 0 Å². The lowest BCUT2D eigenvalue weighted by molar-refractivity contribution is 0.629. The third-order valence-electron chi connectivity index (χ3n) is 1.80. The normalized spacial score (nSPS) is 10.6. The predicted octanol–water partition coefficient (Wildman–Crippen LogP) is 2.32. The first-order valence-corrected chi connectivity index (χ1v) is 4.03. The van der Waals surface area contributed by atoms with Gasteiger partial charge in [-0.05, 0) is 18.2 Å². The summed E-state index contributed by atoms with van der Waals surface area (Å²) in [6, 6.07) is 3.95. The van der Waals surface area contributed by atoms with Gasteiger partial charge in [0, 0.05) is 17.1 Å². The molecule has 13 heavy (non-hydrogen) atoms. The Bertz CT molecular complexity index is 515. The third kappa shape index (κ3) is 1.31. The van der Waals surface area contributed by atoms with Crippen LogP contribution >= 0.6 is 11.6 Å². The highest BCUT2D eigenvalue weighted by Crippen LogP contribution is 2.11. The zero-order valence-electron chi connectivity index (χ0n) is 6.47. The second kappa shape index (κ2) is 2.85. The Morgan fingerprint density at radius 3 is 2.92 bits per heavy atom. The lowest BCUT2D eigenvalue weighted by Gasteiger charge is -1.97. The molecule has 66 valence electrons. The SMILES string of the molecule is O=c1c(Cl)c[nH]c2ccc(F)cc12. The highest BCUT2D eigenvalue weighted by atomic mass is 35.5. The molecule has 0 unspecified atom stereocenters. The smallest absolute Gasteiger partial charge is 0.208 e. The minimum Gasteiger partial charge on any atom is -0.360 e. The van der Waals surface area contributed by atoms with E-state index < -0.39 is 5.82 Å². The Kier molecular flexibility index (Phi) is 1.81. The van der Waals surface area contributed by atoms with E-state index in [9.17, 15) is 9.18 Å². The number of aromatic amines is 1. The first-order chi connectivity index (χ1) is 6.18. The summed E-state index contributed by atoms with van der Waals surface area (Å²) in [7, 11) is 0. The van der Waals surface area contributed by atoms with Gasteiger partial charge in [0.25, 0.3) is 0 Å². The van der Waals surface area contributed by atoms with Crippen molar-refractivity contribution < 1.29 is 4.39 Å². The number of rotatable bonds is 0. The minimum atomic E-state index is -0.444. The number of nitrogens with one attached hydrogen (secondary N) is 1. The summed E-state index contributed by atoms with van der Waals surface area (Å²) in [5.74, 6) is -0.444. The zero-order chi connectivity index (χ0) is 9.42. The summed E-state index contributed by atoms with van der Waals surface area (Å²) in [6.45, 7) is 0. The van der Waals surface area contributed by atoms with Crippen molar-refractivity contribution in [3.8, 4) is 0 Å². The predicted molar refractivity (Wildman–Crippen MR) is 49.5 cm³/mol. The summed E-state index contributed by atoms with van der Waals surface area (Å²) >= 11 is 5.57. The molecule has 0 spiro atoms. The molecule has 0 aliphatic heterocycles. The summed E-state index contributed by atoms with van der Waals surface area (Å²) in [6.07, 6.45) is 1.39. The Morgan fingerprint density at radius 1 is 1.38 bits per heavy atom. The van der Waals surface area contributed by atoms with Crippen LogP contribution < -0.4 is 5.43 Å². The Balaban J connectivity index is 2.97. The monoisotopic (exact) mass is 197 g/mol. The van der Waals surface area contributed by atoms with Crippen molar-refractivity contribution in [2.75, 3.05) is 0 Å². The molecule has 0 aliphatic carbocycles. The van der Waals surface area contributed by atoms with Crippen LogP contribution in [0.4, 0.5) is 4.39 Å². The van der Waals surface area contributed by atoms with Gasteiger partial charge in [0.1, 0.15) is 10.8 Å². The van der Waals surface area contributed by atoms with Crippen molar-refractivity contribution >= 4 is 22.5 Å². The second-order valence-electron chi connectivity index (χ2n) is 2.66. The van der Waals surface area contributed by atoms with Gasteiger partial charge < -0.3 is 4.98 Å². The molecular weight excluding hydrogens is 193 g/mol. The van der Waals surface area contributed by atoms with Crippen LogP contribution in [0.2, 0.25) is 5.02 Å². The molecule has 4 heteroatoms. The summed E-state index contributed by atoms with van der Waals surface area (Å²) in [4.78, 5) is 14.2. The molecule has 2 nitrogen and oxygen atoms in total. The van der Waals surface area contributed by atoms with Gasteiger partial charge in [-0.2, -0.15) is 0 Å². The lowest BCUT2D eigenvalue weighted by atomic mass is 10.2. The summed E-state index contributed by atoms with van der Waals surface area (Å²) in [5.41, 5.74) is 0.228. The molecule has 2 rings (SSSR count). The second-order valence-corrected chi connectivity index (χ2v) is 3.06. The first kappa shape index (κ1) is 8.26. The molecule has 1 aromatic heterocycles. The van der Waals surface area contributed by atoms with Gasteiger partial charge in [-0.15, -0.1) is 0 Å². The maximum absolute atomic E-state index is 12.8. The van der Waals surface area contributed by atoms with Crippen LogP contribution in [0.5, 0.6) is 0 Å². The molecule has 0 atom stereocenters. The van der Waals surface area contributed by atoms with Crippen LogP contribution in [0.15, 0.2) is 29.2 Å². The van der Waals surface area contributed by atoms with Gasteiger partial charge in [0.2, 0.25) is 5.43 Å². The Labute approximate surface area is 78.0 Å². The molecular formula is C9H5ClFNO. The van der Waals surface area contributed by atoms with E-state index in [0.29, 0.717) is 5.52 Å². The van der Waals surface area contributed by atoms with E-state index in [0.717, 1.165) is 0 Å². The van der Waals surface area contributed by atoms with Crippen LogP contribution in [0.1, 0.15) is 0 Å². The van der Waals surface area contributed by atoms with Gasteiger partial charge in [0.15, 0.2) is 0 Å². The van der Waals surface area contributed by atoms with Crippen LogP contribution in [0.3, 0.4) is 0 Å². The van der Waals surface area contributed by atoms with Crippen molar-refractivity contribution in [2.45, 2.75) is 0 Å². The number of H-pyrrole nitrogens is 1. The van der Waals surface area contributed by atoms with Gasteiger partial charge in [-0.3, -0.25) is 4.79 Å². The quantitative estimate of drug-likeness (QED) is 0.691. The van der Waals surface area contributed by atoms with E-state index in [1.165, 1.54) is 24.4 Å². The van der Waals surface area contributed by atoms with Crippen LogP contribution in [0, 0.1) is 5.82 Å². The van der Waals surface area contributed by atoms with Crippen molar-refractivity contribution in [2.24, 2.45) is 0 Å². The number of benzene rings is 1. The van der Waals surface area contributed by atoms with E-state index in [-0.39, 0.29) is 15.8 Å². The highest BCUT2D eigenvalue weighted by molar-refractivity contribution is 6.30. The summed E-state index contributed by atoms with van der Waals surface area (Å²) < 4.78 is 12.8.